The molecule has 1 atom stereocenters. The summed E-state index contributed by atoms with van der Waals surface area (Å²) in [6.45, 7) is 3.86. The average molecular weight is 183 g/mol. The van der Waals surface area contributed by atoms with Gasteiger partial charge in [-0.2, -0.15) is 0 Å². The Morgan fingerprint density at radius 3 is 2.31 bits per heavy atom. The molecular weight excluding hydrogens is 166 g/mol. The van der Waals surface area contributed by atoms with E-state index in [2.05, 4.69) is 4.90 Å². The number of hydrogen-bond donors (Lipinski definition) is 2. The number of aliphatic hydroxyl groups is 2. The van der Waals surface area contributed by atoms with Crippen molar-refractivity contribution < 1.29 is 10.2 Å². The highest BCUT2D eigenvalue weighted by molar-refractivity contribution is 5.19. The van der Waals surface area contributed by atoms with E-state index < -0.39 is 5.60 Å². The summed E-state index contributed by atoms with van der Waals surface area (Å²) in [7, 11) is 0. The Kier molecular flexibility index (Phi) is 1.99. The number of rotatable bonds is 1. The highest BCUT2D eigenvalue weighted by Crippen LogP contribution is 2.36. The summed E-state index contributed by atoms with van der Waals surface area (Å²) in [5.74, 6) is 0.395. The summed E-state index contributed by atoms with van der Waals surface area (Å²) in [6.07, 6.45) is 3.44. The molecule has 2 aliphatic rings. The lowest BCUT2D eigenvalue weighted by molar-refractivity contribution is 0.0622. The summed E-state index contributed by atoms with van der Waals surface area (Å²) in [5.41, 5.74) is 0.254. The smallest absolute Gasteiger partial charge is 0.114 e. The molecule has 1 heterocycles. The average Bonchev–Trinajstić information content (AvgIpc) is 2.56. The molecule has 0 saturated carbocycles. The zero-order valence-corrected chi connectivity index (χ0v) is 8.08. The monoisotopic (exact) mass is 183 g/mol. The first-order valence-electron chi connectivity index (χ1n) is 4.97. The quantitative estimate of drug-likeness (QED) is 0.645. The van der Waals surface area contributed by atoms with Gasteiger partial charge in [0, 0.05) is 25.9 Å². The van der Waals surface area contributed by atoms with E-state index in [1.807, 2.05) is 0 Å². The maximum atomic E-state index is 9.77. The normalized spacial score (nSPS) is 34.8. The van der Waals surface area contributed by atoms with Gasteiger partial charge in [-0.1, -0.05) is 0 Å². The van der Waals surface area contributed by atoms with E-state index in [1.165, 1.54) is 12.8 Å². The lowest BCUT2D eigenvalue weighted by Gasteiger charge is -2.21. The molecule has 2 rings (SSSR count). The first-order chi connectivity index (χ1) is 6.08. The molecule has 1 unspecified atom stereocenters. The molecule has 1 aliphatic carbocycles. The van der Waals surface area contributed by atoms with E-state index in [-0.39, 0.29) is 0 Å². The highest BCUT2D eigenvalue weighted by Gasteiger charge is 2.35. The van der Waals surface area contributed by atoms with Crippen LogP contribution in [0.25, 0.3) is 0 Å². The zero-order chi connectivity index (χ0) is 9.47. The van der Waals surface area contributed by atoms with E-state index >= 15 is 0 Å². The molecule has 2 N–H and O–H groups in total. The van der Waals surface area contributed by atoms with Crippen molar-refractivity contribution in [2.45, 2.75) is 38.2 Å². The van der Waals surface area contributed by atoms with E-state index in [9.17, 15) is 10.2 Å². The van der Waals surface area contributed by atoms with Gasteiger partial charge >= 0.3 is 0 Å². The third-order valence-corrected chi connectivity index (χ3v) is 2.92. The summed E-state index contributed by atoms with van der Waals surface area (Å²) in [5, 5.41) is 19.4. The number of hydrogen-bond acceptors (Lipinski definition) is 3. The van der Waals surface area contributed by atoms with Crippen molar-refractivity contribution in [1.29, 1.82) is 0 Å². The van der Waals surface area contributed by atoms with Gasteiger partial charge < -0.3 is 15.1 Å². The standard InChI is InChI=1S/C10H17NO2/c1-10(13)6-8(9(12)7-10)11-4-2-3-5-11/h12-13H,2-7H2,1H3. The van der Waals surface area contributed by atoms with E-state index in [4.69, 9.17) is 0 Å². The van der Waals surface area contributed by atoms with Crippen LogP contribution in [0, 0.1) is 0 Å². The Balaban J connectivity index is 2.10. The predicted octanol–water partition coefficient (Wildman–Crippen LogP) is 1.40. The first kappa shape index (κ1) is 8.88. The third-order valence-electron chi connectivity index (χ3n) is 2.92. The van der Waals surface area contributed by atoms with Gasteiger partial charge in [0.05, 0.1) is 11.3 Å². The van der Waals surface area contributed by atoms with E-state index in [0.29, 0.717) is 18.6 Å². The lowest BCUT2D eigenvalue weighted by atomic mass is 10.0. The van der Waals surface area contributed by atoms with E-state index in [0.717, 1.165) is 18.8 Å². The van der Waals surface area contributed by atoms with Gasteiger partial charge in [0.25, 0.3) is 0 Å². The second-order valence-corrected chi connectivity index (χ2v) is 4.44. The number of nitrogens with zero attached hydrogens (tertiary/aromatic N) is 1. The third kappa shape index (κ3) is 1.66. The Labute approximate surface area is 78.7 Å². The van der Waals surface area contributed by atoms with Crippen molar-refractivity contribution >= 4 is 0 Å². The van der Waals surface area contributed by atoms with Crippen LogP contribution in [0.2, 0.25) is 0 Å². The van der Waals surface area contributed by atoms with Gasteiger partial charge in [0.1, 0.15) is 5.76 Å². The highest BCUT2D eigenvalue weighted by atomic mass is 16.3. The molecule has 0 spiro atoms. The number of aliphatic hydroxyl groups excluding tert-OH is 1. The minimum atomic E-state index is -0.720. The van der Waals surface area contributed by atoms with Crippen molar-refractivity contribution in [1.82, 2.24) is 4.90 Å². The molecule has 0 amide bonds. The molecular formula is C10H17NO2. The van der Waals surface area contributed by atoms with Crippen LogP contribution in [-0.2, 0) is 0 Å². The van der Waals surface area contributed by atoms with Crippen LogP contribution in [-0.4, -0.2) is 33.8 Å². The first-order valence-corrected chi connectivity index (χ1v) is 4.97. The fraction of sp³-hybridized carbons (Fsp3) is 0.800. The van der Waals surface area contributed by atoms with Gasteiger partial charge in [-0.3, -0.25) is 0 Å². The van der Waals surface area contributed by atoms with Crippen LogP contribution in [0.3, 0.4) is 0 Å². The lowest BCUT2D eigenvalue weighted by Crippen LogP contribution is -2.24. The summed E-state index contributed by atoms with van der Waals surface area (Å²) >= 11 is 0. The molecule has 0 bridgehead atoms. The van der Waals surface area contributed by atoms with E-state index in [1.54, 1.807) is 6.92 Å². The van der Waals surface area contributed by atoms with Crippen LogP contribution in [0.4, 0.5) is 0 Å². The van der Waals surface area contributed by atoms with Gasteiger partial charge in [0.2, 0.25) is 0 Å². The van der Waals surface area contributed by atoms with Crippen molar-refractivity contribution in [3.05, 3.63) is 11.5 Å². The topological polar surface area (TPSA) is 43.7 Å². The van der Waals surface area contributed by atoms with Crippen LogP contribution in [0.1, 0.15) is 32.6 Å². The van der Waals surface area contributed by atoms with Crippen molar-refractivity contribution in [3.8, 4) is 0 Å². The van der Waals surface area contributed by atoms with Crippen molar-refractivity contribution in [2.75, 3.05) is 13.1 Å². The SMILES string of the molecule is CC1(O)CC(O)=C(N2CCCC2)C1. The Bertz CT molecular complexity index is 239. The zero-order valence-electron chi connectivity index (χ0n) is 8.08. The van der Waals surface area contributed by atoms with Crippen molar-refractivity contribution in [2.24, 2.45) is 0 Å². The molecule has 0 radical (unpaired) electrons. The Morgan fingerprint density at radius 1 is 1.23 bits per heavy atom. The second kappa shape index (κ2) is 2.91. The fourth-order valence-corrected chi connectivity index (χ4v) is 2.27. The molecule has 74 valence electrons. The van der Waals surface area contributed by atoms with Crippen LogP contribution < -0.4 is 0 Å². The molecule has 0 aromatic carbocycles. The van der Waals surface area contributed by atoms with Crippen LogP contribution >= 0.6 is 0 Å². The summed E-state index contributed by atoms with van der Waals surface area (Å²) < 4.78 is 0. The predicted molar refractivity (Wildman–Crippen MR) is 50.3 cm³/mol. The molecule has 0 aromatic rings. The molecule has 13 heavy (non-hydrogen) atoms. The second-order valence-electron chi connectivity index (χ2n) is 4.44. The van der Waals surface area contributed by atoms with Gasteiger partial charge in [0.15, 0.2) is 0 Å². The molecule has 1 fully saturated rings. The van der Waals surface area contributed by atoms with Gasteiger partial charge in [-0.25, -0.2) is 0 Å². The molecule has 3 nitrogen and oxygen atoms in total. The number of likely N-dealkylation sites (tertiary alicyclic amines) is 1. The fourth-order valence-electron chi connectivity index (χ4n) is 2.27. The van der Waals surface area contributed by atoms with Crippen molar-refractivity contribution in [3.63, 3.8) is 0 Å². The molecule has 1 aliphatic heterocycles. The maximum absolute atomic E-state index is 9.77. The Hall–Kier alpha value is -0.700. The molecule has 1 saturated heterocycles. The summed E-state index contributed by atoms with van der Waals surface area (Å²) in [6, 6.07) is 0. The largest absolute Gasteiger partial charge is 0.510 e. The minimum absolute atomic E-state index is 0.395. The summed E-state index contributed by atoms with van der Waals surface area (Å²) in [4.78, 5) is 2.21. The van der Waals surface area contributed by atoms with Gasteiger partial charge in [-0.05, 0) is 19.8 Å². The molecule has 0 aromatic heterocycles. The minimum Gasteiger partial charge on any atom is -0.510 e. The van der Waals surface area contributed by atoms with Crippen LogP contribution in [0.5, 0.6) is 0 Å². The maximum Gasteiger partial charge on any atom is 0.114 e. The molecule has 3 heteroatoms. The Morgan fingerprint density at radius 2 is 1.85 bits per heavy atom. The van der Waals surface area contributed by atoms with Crippen LogP contribution in [0.15, 0.2) is 11.5 Å². The van der Waals surface area contributed by atoms with Gasteiger partial charge in [-0.15, -0.1) is 0 Å².